The Morgan fingerprint density at radius 1 is 1.35 bits per heavy atom. The highest BCUT2D eigenvalue weighted by Crippen LogP contribution is 2.26. The summed E-state index contributed by atoms with van der Waals surface area (Å²) in [6, 6.07) is 0. The number of fused-ring (bicyclic) bond motifs is 1. The Morgan fingerprint density at radius 3 is 2.76 bits per heavy atom. The van der Waals surface area contributed by atoms with Crippen LogP contribution in [-0.2, 0) is 25.9 Å². The van der Waals surface area contributed by atoms with Crippen molar-refractivity contribution in [3.8, 4) is 0 Å². The molecule has 0 bridgehead atoms. The van der Waals surface area contributed by atoms with Gasteiger partial charge in [0.15, 0.2) is 0 Å². The van der Waals surface area contributed by atoms with Crippen molar-refractivity contribution in [2.24, 2.45) is 5.41 Å². The van der Waals surface area contributed by atoms with Gasteiger partial charge in [-0.25, -0.2) is 4.98 Å². The first-order valence-corrected chi connectivity index (χ1v) is 6.85. The monoisotopic (exact) mass is 235 g/mol. The molecular formula is C14H25N3. The molecule has 1 aliphatic rings. The molecule has 0 radical (unpaired) electrons. The van der Waals surface area contributed by atoms with Crippen molar-refractivity contribution in [1.82, 2.24) is 14.9 Å². The van der Waals surface area contributed by atoms with Gasteiger partial charge in [0.25, 0.3) is 0 Å². The lowest BCUT2D eigenvalue weighted by Crippen LogP contribution is -2.27. The zero-order chi connectivity index (χ0) is 12.5. The van der Waals surface area contributed by atoms with Crippen molar-refractivity contribution in [3.05, 3.63) is 17.2 Å². The minimum absolute atomic E-state index is 0.364. The van der Waals surface area contributed by atoms with Crippen LogP contribution in [0.25, 0.3) is 0 Å². The van der Waals surface area contributed by atoms with Gasteiger partial charge in [-0.15, -0.1) is 0 Å². The maximum Gasteiger partial charge on any atom is 0.108 e. The number of imidazole rings is 1. The lowest BCUT2D eigenvalue weighted by molar-refractivity contribution is 0.286. The normalized spacial score (nSPS) is 16.0. The van der Waals surface area contributed by atoms with Crippen LogP contribution in [0.2, 0.25) is 0 Å². The Hall–Kier alpha value is -0.830. The van der Waals surface area contributed by atoms with E-state index in [1.54, 1.807) is 0 Å². The van der Waals surface area contributed by atoms with Gasteiger partial charge >= 0.3 is 0 Å². The smallest absolute Gasteiger partial charge is 0.108 e. The van der Waals surface area contributed by atoms with Crippen LogP contribution in [0.1, 0.15) is 51.3 Å². The van der Waals surface area contributed by atoms with Gasteiger partial charge < -0.3 is 9.88 Å². The molecule has 0 saturated carbocycles. The van der Waals surface area contributed by atoms with Crippen LogP contribution >= 0.6 is 0 Å². The highest BCUT2D eigenvalue weighted by molar-refractivity contribution is 5.20. The van der Waals surface area contributed by atoms with Crippen LogP contribution in [0.3, 0.4) is 0 Å². The fourth-order valence-electron chi connectivity index (χ4n) is 2.42. The number of hydrogen-bond donors (Lipinski definition) is 1. The minimum atomic E-state index is 0.364. The SMILES string of the molecule is CCc1nc2c(n1CC(C)(C)CC)CCNC2. The summed E-state index contributed by atoms with van der Waals surface area (Å²) in [5.74, 6) is 1.26. The molecule has 2 rings (SSSR count). The summed E-state index contributed by atoms with van der Waals surface area (Å²) in [6.07, 6.45) is 3.37. The molecule has 3 nitrogen and oxygen atoms in total. The average Bonchev–Trinajstić information content (AvgIpc) is 2.67. The molecule has 0 fully saturated rings. The van der Waals surface area contributed by atoms with Crippen LogP contribution in [-0.4, -0.2) is 16.1 Å². The summed E-state index contributed by atoms with van der Waals surface area (Å²) in [6.45, 7) is 12.3. The van der Waals surface area contributed by atoms with E-state index in [2.05, 4.69) is 37.6 Å². The van der Waals surface area contributed by atoms with Crippen molar-refractivity contribution in [1.29, 1.82) is 0 Å². The van der Waals surface area contributed by atoms with Crippen molar-refractivity contribution in [2.45, 2.75) is 60.0 Å². The van der Waals surface area contributed by atoms with E-state index in [1.165, 1.54) is 23.6 Å². The third-order valence-corrected chi connectivity index (χ3v) is 3.93. The Labute approximate surface area is 105 Å². The molecule has 1 aliphatic heterocycles. The molecule has 0 aliphatic carbocycles. The summed E-state index contributed by atoms with van der Waals surface area (Å²) in [4.78, 5) is 4.79. The molecule has 1 aromatic rings. The van der Waals surface area contributed by atoms with Gasteiger partial charge in [0.2, 0.25) is 0 Å². The van der Waals surface area contributed by atoms with Gasteiger partial charge in [0.1, 0.15) is 5.82 Å². The minimum Gasteiger partial charge on any atom is -0.331 e. The second-order valence-corrected chi connectivity index (χ2v) is 5.81. The zero-order valence-corrected chi connectivity index (χ0v) is 11.6. The average molecular weight is 235 g/mol. The first-order chi connectivity index (χ1) is 8.07. The second kappa shape index (κ2) is 4.81. The van der Waals surface area contributed by atoms with E-state index in [-0.39, 0.29) is 0 Å². The maximum atomic E-state index is 4.79. The standard InChI is InChI=1S/C14H25N3/c1-5-13-16-11-9-15-8-7-12(11)17(13)10-14(3,4)6-2/h15H,5-10H2,1-4H3. The predicted molar refractivity (Wildman–Crippen MR) is 71.1 cm³/mol. The van der Waals surface area contributed by atoms with Gasteiger partial charge in [0.05, 0.1) is 5.69 Å². The molecule has 0 spiro atoms. The second-order valence-electron chi connectivity index (χ2n) is 5.81. The number of aromatic nitrogens is 2. The maximum absolute atomic E-state index is 4.79. The molecule has 0 aromatic carbocycles. The molecular weight excluding hydrogens is 210 g/mol. The Bertz CT molecular complexity index is 390. The van der Waals surface area contributed by atoms with Gasteiger partial charge in [0, 0.05) is 38.2 Å². The van der Waals surface area contributed by atoms with Crippen LogP contribution in [0, 0.1) is 5.41 Å². The fourth-order valence-corrected chi connectivity index (χ4v) is 2.42. The van der Waals surface area contributed by atoms with E-state index < -0.39 is 0 Å². The van der Waals surface area contributed by atoms with E-state index in [0.29, 0.717) is 5.41 Å². The highest BCUT2D eigenvalue weighted by Gasteiger charge is 2.23. The topological polar surface area (TPSA) is 29.9 Å². The van der Waals surface area contributed by atoms with Crippen LogP contribution in [0.5, 0.6) is 0 Å². The summed E-state index contributed by atoms with van der Waals surface area (Å²) in [5, 5.41) is 3.41. The van der Waals surface area contributed by atoms with Crippen LogP contribution in [0.4, 0.5) is 0 Å². The van der Waals surface area contributed by atoms with Gasteiger partial charge in [-0.3, -0.25) is 0 Å². The lowest BCUT2D eigenvalue weighted by atomic mass is 9.90. The Morgan fingerprint density at radius 2 is 2.12 bits per heavy atom. The number of nitrogens with zero attached hydrogens (tertiary/aromatic N) is 2. The molecule has 3 heteroatoms. The summed E-state index contributed by atoms with van der Waals surface area (Å²) in [5.41, 5.74) is 3.12. The van der Waals surface area contributed by atoms with E-state index >= 15 is 0 Å². The molecule has 17 heavy (non-hydrogen) atoms. The summed E-state index contributed by atoms with van der Waals surface area (Å²) >= 11 is 0. The first kappa shape index (κ1) is 12.6. The largest absolute Gasteiger partial charge is 0.331 e. The molecule has 1 N–H and O–H groups in total. The quantitative estimate of drug-likeness (QED) is 0.869. The van der Waals surface area contributed by atoms with E-state index in [9.17, 15) is 0 Å². The molecule has 0 amide bonds. The third kappa shape index (κ3) is 2.54. The molecule has 0 atom stereocenters. The van der Waals surface area contributed by atoms with Gasteiger partial charge in [-0.05, 0) is 11.8 Å². The fraction of sp³-hybridized carbons (Fsp3) is 0.786. The van der Waals surface area contributed by atoms with Crippen molar-refractivity contribution < 1.29 is 0 Å². The Kier molecular flexibility index (Phi) is 3.57. The summed E-state index contributed by atoms with van der Waals surface area (Å²) < 4.78 is 2.49. The van der Waals surface area contributed by atoms with Crippen molar-refractivity contribution in [3.63, 3.8) is 0 Å². The van der Waals surface area contributed by atoms with Crippen molar-refractivity contribution in [2.75, 3.05) is 6.54 Å². The van der Waals surface area contributed by atoms with E-state index in [0.717, 1.165) is 32.5 Å². The lowest BCUT2D eigenvalue weighted by Gasteiger charge is -2.26. The van der Waals surface area contributed by atoms with Gasteiger partial charge in [-0.2, -0.15) is 0 Å². The molecule has 96 valence electrons. The number of aryl methyl sites for hydroxylation is 1. The molecule has 0 saturated heterocycles. The molecule has 1 aromatic heterocycles. The molecule has 2 heterocycles. The number of nitrogens with one attached hydrogen (secondary N) is 1. The number of hydrogen-bond acceptors (Lipinski definition) is 2. The van der Waals surface area contributed by atoms with Crippen molar-refractivity contribution >= 4 is 0 Å². The van der Waals surface area contributed by atoms with Gasteiger partial charge in [-0.1, -0.05) is 27.7 Å². The number of rotatable bonds is 4. The van der Waals surface area contributed by atoms with Crippen LogP contribution in [0.15, 0.2) is 0 Å². The first-order valence-electron chi connectivity index (χ1n) is 6.85. The zero-order valence-electron chi connectivity index (χ0n) is 11.6. The van der Waals surface area contributed by atoms with Crippen LogP contribution < -0.4 is 5.32 Å². The summed E-state index contributed by atoms with van der Waals surface area (Å²) in [7, 11) is 0. The predicted octanol–water partition coefficient (Wildman–Crippen LogP) is 2.53. The van der Waals surface area contributed by atoms with E-state index in [1.807, 2.05) is 0 Å². The Balaban J connectivity index is 2.34. The highest BCUT2D eigenvalue weighted by atomic mass is 15.1. The third-order valence-electron chi connectivity index (χ3n) is 3.93. The molecule has 0 unspecified atom stereocenters. The van der Waals surface area contributed by atoms with E-state index in [4.69, 9.17) is 4.98 Å².